The fourth-order valence-electron chi connectivity index (χ4n) is 2.85. The molecule has 1 amide bonds. The first-order chi connectivity index (χ1) is 11.4. The molecule has 2 rings (SSSR count). The van der Waals surface area contributed by atoms with Crippen LogP contribution in [0.15, 0.2) is 12.4 Å². The zero-order valence-electron chi connectivity index (χ0n) is 15.0. The zero-order chi connectivity index (χ0) is 17.6. The van der Waals surface area contributed by atoms with Gasteiger partial charge >= 0.3 is 6.09 Å². The van der Waals surface area contributed by atoms with Crippen LogP contribution in [-0.4, -0.2) is 53.3 Å². The minimum absolute atomic E-state index is 0.352. The molecule has 0 saturated carbocycles. The first-order valence-corrected chi connectivity index (χ1v) is 8.40. The molecule has 1 aliphatic rings. The molecule has 1 saturated heterocycles. The maximum Gasteiger partial charge on any atom is 0.407 e. The number of amides is 1. The summed E-state index contributed by atoms with van der Waals surface area (Å²) in [7, 11) is 1.61. The number of nitrogens with zero attached hydrogens (tertiary/aromatic N) is 3. The molecule has 7 nitrogen and oxygen atoms in total. The first-order valence-electron chi connectivity index (χ1n) is 8.40. The highest BCUT2D eigenvalue weighted by molar-refractivity contribution is 5.67. The Morgan fingerprint density at radius 2 is 2.12 bits per heavy atom. The van der Waals surface area contributed by atoms with Gasteiger partial charge in [-0.25, -0.2) is 9.78 Å². The Balaban J connectivity index is 1.82. The van der Waals surface area contributed by atoms with Crippen LogP contribution >= 0.6 is 0 Å². The number of piperidine rings is 1. The summed E-state index contributed by atoms with van der Waals surface area (Å²) in [5, 5.41) is 2.88. The first kappa shape index (κ1) is 18.4. The molecular formula is C17H28N4O3. The average Bonchev–Trinajstić information content (AvgIpc) is 2.52. The molecule has 24 heavy (non-hydrogen) atoms. The third-order valence-corrected chi connectivity index (χ3v) is 3.84. The molecule has 1 aromatic heterocycles. The number of likely N-dealkylation sites (tertiary alicyclic amines) is 1. The number of carbonyl (C=O) groups is 1. The van der Waals surface area contributed by atoms with Gasteiger partial charge < -0.3 is 14.8 Å². The van der Waals surface area contributed by atoms with Gasteiger partial charge in [-0.05, 0) is 46.1 Å². The Bertz CT molecular complexity index is 545. The molecule has 0 aliphatic carbocycles. The van der Waals surface area contributed by atoms with Crippen molar-refractivity contribution < 1.29 is 14.3 Å². The van der Waals surface area contributed by atoms with Crippen molar-refractivity contribution in [2.24, 2.45) is 5.92 Å². The molecule has 1 N–H and O–H groups in total. The highest BCUT2D eigenvalue weighted by atomic mass is 16.6. The maximum absolute atomic E-state index is 11.8. The third kappa shape index (κ3) is 5.96. The van der Waals surface area contributed by atoms with Crippen molar-refractivity contribution in [2.45, 2.75) is 45.8 Å². The molecule has 0 bridgehead atoms. The van der Waals surface area contributed by atoms with Crippen LogP contribution in [0.3, 0.4) is 0 Å². The van der Waals surface area contributed by atoms with Crippen LogP contribution in [-0.2, 0) is 11.3 Å². The third-order valence-electron chi connectivity index (χ3n) is 3.84. The lowest BCUT2D eigenvalue weighted by Crippen LogP contribution is -2.42. The van der Waals surface area contributed by atoms with E-state index in [2.05, 4.69) is 20.2 Å². The SMILES string of the molecule is COc1nccnc1CN1CCC[C@H](CNC(=O)OC(C)(C)C)C1. The zero-order valence-corrected chi connectivity index (χ0v) is 15.0. The van der Waals surface area contributed by atoms with E-state index in [1.54, 1.807) is 19.5 Å². The number of ether oxygens (including phenoxy) is 2. The van der Waals surface area contributed by atoms with Gasteiger partial charge in [0, 0.05) is 32.0 Å². The van der Waals surface area contributed by atoms with Gasteiger partial charge in [-0.1, -0.05) is 0 Å². The molecule has 1 atom stereocenters. The molecule has 0 radical (unpaired) electrons. The van der Waals surface area contributed by atoms with Crippen LogP contribution in [0.1, 0.15) is 39.3 Å². The molecule has 0 aromatic carbocycles. The van der Waals surface area contributed by atoms with Gasteiger partial charge in [0.05, 0.1) is 7.11 Å². The summed E-state index contributed by atoms with van der Waals surface area (Å²) in [5.41, 5.74) is 0.381. The smallest absolute Gasteiger partial charge is 0.407 e. The molecule has 2 heterocycles. The van der Waals surface area contributed by atoms with Crippen molar-refractivity contribution in [1.82, 2.24) is 20.2 Å². The van der Waals surface area contributed by atoms with Crippen LogP contribution < -0.4 is 10.1 Å². The Labute approximate surface area is 143 Å². The minimum atomic E-state index is -0.467. The van der Waals surface area contributed by atoms with E-state index in [-0.39, 0.29) is 6.09 Å². The van der Waals surface area contributed by atoms with E-state index in [0.717, 1.165) is 31.6 Å². The normalized spacial score (nSPS) is 18.9. The molecule has 1 aromatic rings. The van der Waals surface area contributed by atoms with Gasteiger partial charge in [0.1, 0.15) is 11.3 Å². The highest BCUT2D eigenvalue weighted by Gasteiger charge is 2.23. The number of nitrogens with one attached hydrogen (secondary N) is 1. The highest BCUT2D eigenvalue weighted by Crippen LogP contribution is 2.20. The lowest BCUT2D eigenvalue weighted by molar-refractivity contribution is 0.0506. The van der Waals surface area contributed by atoms with E-state index in [1.807, 2.05) is 20.8 Å². The molecule has 134 valence electrons. The lowest BCUT2D eigenvalue weighted by Gasteiger charge is -2.32. The summed E-state index contributed by atoms with van der Waals surface area (Å²) in [5.74, 6) is 0.987. The molecule has 0 unspecified atom stereocenters. The standard InChI is InChI=1S/C17H28N4O3/c1-17(2,3)24-16(22)20-10-13-6-5-9-21(11-13)12-14-15(23-4)19-8-7-18-14/h7-8,13H,5-6,9-12H2,1-4H3,(H,20,22)/t13-/m1/s1. The van der Waals surface area contributed by atoms with Gasteiger partial charge in [0.2, 0.25) is 5.88 Å². The lowest BCUT2D eigenvalue weighted by atomic mass is 9.98. The van der Waals surface area contributed by atoms with E-state index < -0.39 is 5.60 Å². The Kier molecular flexibility index (Phi) is 6.36. The number of alkyl carbamates (subject to hydrolysis) is 1. The van der Waals surface area contributed by atoms with E-state index in [4.69, 9.17) is 9.47 Å². The molecule has 7 heteroatoms. The van der Waals surface area contributed by atoms with Crippen molar-refractivity contribution in [3.05, 3.63) is 18.1 Å². The van der Waals surface area contributed by atoms with Gasteiger partial charge in [0.15, 0.2) is 0 Å². The number of hydrogen-bond donors (Lipinski definition) is 1. The van der Waals surface area contributed by atoms with E-state index in [0.29, 0.717) is 24.9 Å². The minimum Gasteiger partial charge on any atom is -0.480 e. The largest absolute Gasteiger partial charge is 0.480 e. The fourth-order valence-corrected chi connectivity index (χ4v) is 2.85. The number of rotatable bonds is 5. The second kappa shape index (κ2) is 8.28. The summed E-state index contributed by atoms with van der Waals surface area (Å²) in [6.07, 6.45) is 5.16. The Hall–Kier alpha value is -1.89. The summed E-state index contributed by atoms with van der Waals surface area (Å²) >= 11 is 0. The number of hydrogen-bond acceptors (Lipinski definition) is 6. The van der Waals surface area contributed by atoms with Crippen molar-refractivity contribution in [3.63, 3.8) is 0 Å². The number of carbonyl (C=O) groups excluding carboxylic acids is 1. The summed E-state index contributed by atoms with van der Waals surface area (Å²) in [4.78, 5) is 22.7. The van der Waals surface area contributed by atoms with Crippen molar-refractivity contribution in [2.75, 3.05) is 26.7 Å². The van der Waals surface area contributed by atoms with Crippen LogP contribution in [0.4, 0.5) is 4.79 Å². The van der Waals surface area contributed by atoms with Crippen LogP contribution in [0.25, 0.3) is 0 Å². The molecule has 1 fully saturated rings. The molecular weight excluding hydrogens is 308 g/mol. The monoisotopic (exact) mass is 336 g/mol. The summed E-state index contributed by atoms with van der Waals surface area (Å²) < 4.78 is 10.5. The van der Waals surface area contributed by atoms with Crippen LogP contribution in [0.5, 0.6) is 5.88 Å². The summed E-state index contributed by atoms with van der Waals surface area (Å²) in [6.45, 7) is 8.86. The number of aromatic nitrogens is 2. The van der Waals surface area contributed by atoms with Crippen LogP contribution in [0, 0.1) is 5.92 Å². The Morgan fingerprint density at radius 3 is 2.83 bits per heavy atom. The topological polar surface area (TPSA) is 76.6 Å². The predicted molar refractivity (Wildman–Crippen MR) is 90.8 cm³/mol. The van der Waals surface area contributed by atoms with E-state index >= 15 is 0 Å². The van der Waals surface area contributed by atoms with E-state index in [1.165, 1.54) is 0 Å². The van der Waals surface area contributed by atoms with Gasteiger partial charge in [0.25, 0.3) is 0 Å². The fraction of sp³-hybridized carbons (Fsp3) is 0.706. The van der Waals surface area contributed by atoms with Crippen molar-refractivity contribution in [3.8, 4) is 5.88 Å². The van der Waals surface area contributed by atoms with Crippen molar-refractivity contribution in [1.29, 1.82) is 0 Å². The molecule has 0 spiro atoms. The van der Waals surface area contributed by atoms with E-state index in [9.17, 15) is 4.79 Å². The maximum atomic E-state index is 11.8. The van der Waals surface area contributed by atoms with Gasteiger partial charge in [-0.3, -0.25) is 9.88 Å². The summed E-state index contributed by atoms with van der Waals surface area (Å²) in [6, 6.07) is 0. The van der Waals surface area contributed by atoms with Crippen molar-refractivity contribution >= 4 is 6.09 Å². The second-order valence-electron chi connectivity index (χ2n) is 7.14. The van der Waals surface area contributed by atoms with Gasteiger partial charge in [-0.2, -0.15) is 0 Å². The quantitative estimate of drug-likeness (QED) is 0.888. The van der Waals surface area contributed by atoms with Gasteiger partial charge in [-0.15, -0.1) is 0 Å². The molecule has 1 aliphatic heterocycles. The predicted octanol–water partition coefficient (Wildman–Crippen LogP) is 2.22. The average molecular weight is 336 g/mol. The van der Waals surface area contributed by atoms with Crippen LogP contribution in [0.2, 0.25) is 0 Å². The second-order valence-corrected chi connectivity index (χ2v) is 7.14. The Morgan fingerprint density at radius 1 is 1.38 bits per heavy atom. The number of methoxy groups -OCH3 is 1.